The Labute approximate surface area is 306 Å². The highest BCUT2D eigenvalue weighted by Crippen LogP contribution is 2.76. The van der Waals surface area contributed by atoms with E-state index in [1.54, 1.807) is 0 Å². The fourth-order valence-corrected chi connectivity index (χ4v) is 10.0. The Kier molecular flexibility index (Phi) is 13.0. The predicted octanol–water partition coefficient (Wildman–Crippen LogP) is 8.21. The number of hydrogen-bond donors (Lipinski definition) is 1. The minimum absolute atomic E-state index is 0.0500. The van der Waals surface area contributed by atoms with Crippen LogP contribution < -0.4 is 0 Å². The minimum Gasteiger partial charge on any atom is -0.461 e. The number of unbranched alkanes of at least 4 members (excludes halogenated alkanes) is 8. The highest BCUT2D eigenvalue weighted by molar-refractivity contribution is 5.73. The van der Waals surface area contributed by atoms with Crippen molar-refractivity contribution in [1.29, 1.82) is 0 Å². The lowest BCUT2D eigenvalue weighted by atomic mass is 9.59. The zero-order valence-electron chi connectivity index (χ0n) is 33.1. The van der Waals surface area contributed by atoms with E-state index in [1.165, 1.54) is 52.4 Å². The topological polar surface area (TPSA) is 125 Å². The first-order chi connectivity index (χ1) is 23.9. The first-order valence-corrected chi connectivity index (χ1v) is 19.7. The summed E-state index contributed by atoms with van der Waals surface area (Å²) >= 11 is 0. The van der Waals surface area contributed by atoms with Crippen molar-refractivity contribution in [3.8, 4) is 0 Å². The van der Waals surface area contributed by atoms with Crippen LogP contribution in [0.3, 0.4) is 0 Å². The second-order valence-corrected chi connectivity index (χ2v) is 17.2. The number of allylic oxidation sites excluding steroid dienone is 1. The molecular formula is C42H66O9. The van der Waals surface area contributed by atoms with Crippen molar-refractivity contribution >= 4 is 23.9 Å². The Morgan fingerprint density at radius 2 is 1.45 bits per heavy atom. The van der Waals surface area contributed by atoms with Gasteiger partial charge in [-0.25, -0.2) is 0 Å². The van der Waals surface area contributed by atoms with Gasteiger partial charge in [0.2, 0.25) is 0 Å². The predicted molar refractivity (Wildman–Crippen MR) is 195 cm³/mol. The van der Waals surface area contributed by atoms with Crippen molar-refractivity contribution in [2.75, 3.05) is 6.61 Å². The van der Waals surface area contributed by atoms with Gasteiger partial charge in [-0.05, 0) is 49.5 Å². The van der Waals surface area contributed by atoms with Gasteiger partial charge < -0.3 is 24.1 Å². The zero-order valence-corrected chi connectivity index (χ0v) is 33.1. The first-order valence-electron chi connectivity index (χ1n) is 19.7. The van der Waals surface area contributed by atoms with Crippen molar-refractivity contribution < 1.29 is 43.2 Å². The largest absolute Gasteiger partial charge is 0.461 e. The highest BCUT2D eigenvalue weighted by atomic mass is 16.6. The van der Waals surface area contributed by atoms with E-state index in [0.29, 0.717) is 30.4 Å². The molecule has 0 heterocycles. The number of rotatable bonds is 17. The van der Waals surface area contributed by atoms with E-state index in [4.69, 9.17) is 18.9 Å². The molecule has 2 bridgehead atoms. The number of fused-ring (bicyclic) bond motifs is 3. The summed E-state index contributed by atoms with van der Waals surface area (Å²) in [5, 5.41) is 13.3. The molecule has 9 atom stereocenters. The minimum atomic E-state index is -1.91. The Morgan fingerprint density at radius 3 is 2.02 bits per heavy atom. The molecule has 0 aromatic carbocycles. The van der Waals surface area contributed by atoms with Crippen molar-refractivity contribution in [3.63, 3.8) is 0 Å². The SMILES string of the molecule is CCCCCCCCCCCC(=O)OC12CC(C)C34C=C(C)C(OC(C)=O)C3(O)C(OC(C)=O)C(COC(=O)C(C)C(C)C)=CC(C4)C1C2(C)C. The molecule has 0 aromatic rings. The summed E-state index contributed by atoms with van der Waals surface area (Å²) in [5.41, 5.74) is -2.98. The average molecular weight is 715 g/mol. The molecule has 2 fully saturated rings. The summed E-state index contributed by atoms with van der Waals surface area (Å²) in [4.78, 5) is 52.0. The maximum atomic E-state index is 13.6. The summed E-state index contributed by atoms with van der Waals surface area (Å²) < 4.78 is 24.4. The van der Waals surface area contributed by atoms with Gasteiger partial charge in [-0.15, -0.1) is 0 Å². The zero-order chi connectivity index (χ0) is 37.9. The highest BCUT2D eigenvalue weighted by Gasteiger charge is 2.81. The van der Waals surface area contributed by atoms with Crippen LogP contribution in [-0.2, 0) is 38.1 Å². The molecule has 1 N–H and O–H groups in total. The van der Waals surface area contributed by atoms with Gasteiger partial charge in [0.05, 0.1) is 5.92 Å². The molecule has 4 rings (SSSR count). The number of esters is 4. The van der Waals surface area contributed by atoms with Crippen LogP contribution in [0.15, 0.2) is 23.3 Å². The lowest BCUT2D eigenvalue weighted by Gasteiger charge is -2.51. The Morgan fingerprint density at radius 1 is 0.882 bits per heavy atom. The van der Waals surface area contributed by atoms with Crippen molar-refractivity contribution in [3.05, 3.63) is 23.3 Å². The number of aliphatic hydroxyl groups is 1. The molecule has 0 radical (unpaired) electrons. The number of ether oxygens (including phenoxy) is 4. The van der Waals surface area contributed by atoms with Crippen LogP contribution in [0.4, 0.5) is 0 Å². The number of hydrogen-bond acceptors (Lipinski definition) is 9. The van der Waals surface area contributed by atoms with E-state index in [1.807, 2.05) is 39.8 Å². The Bertz CT molecular complexity index is 1360. The number of carbonyl (C=O) groups excluding carboxylic acids is 4. The molecule has 0 aliphatic heterocycles. The molecule has 51 heavy (non-hydrogen) atoms. The van der Waals surface area contributed by atoms with Gasteiger partial charge in [-0.2, -0.15) is 0 Å². The summed E-state index contributed by atoms with van der Waals surface area (Å²) in [7, 11) is 0. The van der Waals surface area contributed by atoms with Crippen molar-refractivity contribution in [2.45, 2.75) is 170 Å². The summed E-state index contributed by atoms with van der Waals surface area (Å²) in [6.07, 6.45) is 13.4. The van der Waals surface area contributed by atoms with E-state index in [-0.39, 0.29) is 47.6 Å². The van der Waals surface area contributed by atoms with Gasteiger partial charge in [-0.3, -0.25) is 19.2 Å². The van der Waals surface area contributed by atoms with Crippen LogP contribution in [0, 0.1) is 40.4 Å². The van der Waals surface area contributed by atoms with E-state index in [2.05, 4.69) is 27.7 Å². The van der Waals surface area contributed by atoms with Gasteiger partial charge >= 0.3 is 23.9 Å². The van der Waals surface area contributed by atoms with Crippen LogP contribution in [-0.4, -0.2) is 59.0 Å². The fourth-order valence-electron chi connectivity index (χ4n) is 10.0. The van der Waals surface area contributed by atoms with Crippen molar-refractivity contribution in [2.24, 2.45) is 40.4 Å². The van der Waals surface area contributed by atoms with E-state index >= 15 is 0 Å². The molecule has 9 unspecified atom stereocenters. The van der Waals surface area contributed by atoms with Crippen LogP contribution in [0.25, 0.3) is 0 Å². The van der Waals surface area contributed by atoms with Gasteiger partial charge in [0.15, 0.2) is 17.8 Å². The second-order valence-electron chi connectivity index (χ2n) is 17.2. The molecule has 288 valence electrons. The standard InChI is InChI=1S/C42H66O9/c1-11-12-13-14-15-16-17-18-19-20-34(45)51-41-23-28(5)40-22-27(4)36(49-30(7)43)42(40,47)37(50-31(8)44)33(25-48-38(46)29(6)26(2)3)21-32(24-40)35(41)39(41,9)10/h21-22,26,28-29,32,35-37,47H,11-20,23-25H2,1-10H3. The lowest BCUT2D eigenvalue weighted by Crippen LogP contribution is -2.64. The maximum Gasteiger partial charge on any atom is 0.309 e. The first kappa shape index (κ1) is 41.1. The molecule has 9 nitrogen and oxygen atoms in total. The van der Waals surface area contributed by atoms with Crippen LogP contribution in [0.5, 0.6) is 0 Å². The molecule has 9 heteroatoms. The molecule has 0 aromatic heterocycles. The smallest absolute Gasteiger partial charge is 0.309 e. The van der Waals surface area contributed by atoms with Gasteiger partial charge in [0.25, 0.3) is 0 Å². The molecule has 1 spiro atoms. The second kappa shape index (κ2) is 16.1. The van der Waals surface area contributed by atoms with Gasteiger partial charge in [-0.1, -0.05) is 112 Å². The molecule has 0 saturated heterocycles. The third-order valence-electron chi connectivity index (χ3n) is 13.1. The lowest BCUT2D eigenvalue weighted by molar-refractivity contribution is -0.214. The summed E-state index contributed by atoms with van der Waals surface area (Å²) in [5.74, 6) is -2.70. The quantitative estimate of drug-likeness (QED) is 0.0687. The molecular weight excluding hydrogens is 648 g/mol. The molecule has 2 saturated carbocycles. The summed E-state index contributed by atoms with van der Waals surface area (Å²) in [6, 6.07) is 0. The Hall–Kier alpha value is -2.68. The normalized spacial score (nSPS) is 33.8. The van der Waals surface area contributed by atoms with Crippen molar-refractivity contribution in [1.82, 2.24) is 0 Å². The maximum absolute atomic E-state index is 13.6. The van der Waals surface area contributed by atoms with Gasteiger partial charge in [0.1, 0.15) is 12.2 Å². The van der Waals surface area contributed by atoms with E-state index < -0.39 is 46.7 Å². The number of carbonyl (C=O) groups is 4. The van der Waals surface area contributed by atoms with Crippen LogP contribution in [0.1, 0.15) is 146 Å². The Balaban J connectivity index is 1.68. The third kappa shape index (κ3) is 7.84. The van der Waals surface area contributed by atoms with Gasteiger partial charge in [0, 0.05) is 42.6 Å². The molecule has 0 amide bonds. The third-order valence-corrected chi connectivity index (χ3v) is 13.1. The van der Waals surface area contributed by atoms with E-state index in [0.717, 1.165) is 19.3 Å². The summed E-state index contributed by atoms with van der Waals surface area (Å²) in [6.45, 7) is 18.5. The molecule has 4 aliphatic rings. The van der Waals surface area contributed by atoms with Crippen LogP contribution in [0.2, 0.25) is 0 Å². The average Bonchev–Trinajstić information content (AvgIpc) is 3.49. The monoisotopic (exact) mass is 714 g/mol. The molecule has 4 aliphatic carbocycles. The fraction of sp³-hybridized carbons (Fsp3) is 0.810. The van der Waals surface area contributed by atoms with E-state index in [9.17, 15) is 24.3 Å². The van der Waals surface area contributed by atoms with Crippen LogP contribution >= 0.6 is 0 Å².